The van der Waals surface area contributed by atoms with Crippen molar-refractivity contribution in [1.82, 2.24) is 15.0 Å². The predicted octanol–water partition coefficient (Wildman–Crippen LogP) is -6.13. The Morgan fingerprint density at radius 2 is 1.33 bits per heavy atom. The van der Waals surface area contributed by atoms with E-state index in [4.69, 9.17) is 17.3 Å². The quantitative estimate of drug-likeness (QED) is 0.0297. The molecule has 0 radical (unpaired) electrons. The fourth-order valence-corrected chi connectivity index (χ4v) is 7.40. The summed E-state index contributed by atoms with van der Waals surface area (Å²) < 4.78 is 130. The van der Waals surface area contributed by atoms with Crippen LogP contribution in [0.15, 0.2) is 114 Å². The van der Waals surface area contributed by atoms with Crippen LogP contribution in [0.5, 0.6) is 0 Å². The van der Waals surface area contributed by atoms with Gasteiger partial charge < -0.3 is 30.6 Å². The second-order valence-electron chi connectivity index (χ2n) is 10.4. The second-order valence-corrected chi connectivity index (χ2v) is 16.8. The Morgan fingerprint density at radius 1 is 0.737 bits per heavy atom. The second kappa shape index (κ2) is 19.6. The van der Waals surface area contributed by atoms with Gasteiger partial charge in [0, 0.05) is 22.2 Å². The van der Waals surface area contributed by atoms with Gasteiger partial charge in [-0.25, -0.2) is 30.2 Å². The molecule has 1 aromatic heterocycles. The molecule has 5 rings (SSSR count). The summed E-state index contributed by atoms with van der Waals surface area (Å²) in [6.07, 6.45) is 0. The van der Waals surface area contributed by atoms with Gasteiger partial charge in [-0.1, -0.05) is 12.6 Å². The maximum Gasteiger partial charge on any atom is 1.00 e. The Kier molecular flexibility index (Phi) is 17.4. The summed E-state index contributed by atoms with van der Waals surface area (Å²) >= 11 is 6.07. The molecule has 0 spiro atoms. The molecule has 0 amide bonds. The molecule has 21 nitrogen and oxygen atoms in total. The van der Waals surface area contributed by atoms with Crippen LogP contribution in [-0.2, 0) is 40.2 Å². The smallest absolute Gasteiger partial charge is 0.846 e. The molecule has 0 aliphatic heterocycles. The maximum atomic E-state index is 12.3. The van der Waals surface area contributed by atoms with Crippen LogP contribution in [0.25, 0.3) is 10.8 Å². The summed E-state index contributed by atoms with van der Waals surface area (Å²) in [4.78, 5) is 12.2. The molecule has 282 valence electrons. The number of nitrogens with zero attached hydrogens (tertiary/aromatic N) is 6. The van der Waals surface area contributed by atoms with E-state index in [1.165, 1.54) is 42.5 Å². The molecule has 0 fully saturated rings. The van der Waals surface area contributed by atoms with E-state index in [0.717, 1.165) is 5.41 Å². The summed E-state index contributed by atoms with van der Waals surface area (Å²) in [5.74, 6) is -0.292. The Hall–Kier alpha value is -2.67. The molecule has 57 heavy (non-hydrogen) atoms. The van der Waals surface area contributed by atoms with Gasteiger partial charge in [-0.2, -0.15) is 23.4 Å². The van der Waals surface area contributed by atoms with Crippen LogP contribution in [0.4, 0.5) is 40.3 Å². The fraction of sp³-hybridized carbons (Fsp3) is 0. The first-order valence-electron chi connectivity index (χ1n) is 14.0. The van der Waals surface area contributed by atoms with Crippen molar-refractivity contribution in [3.63, 3.8) is 0 Å². The number of nitrogens with two attached hydrogens (primary N) is 1. The molecular formula is C28H19ClN9Na3O12S4. The van der Waals surface area contributed by atoms with Gasteiger partial charge in [0.05, 0.1) is 26.4 Å². The van der Waals surface area contributed by atoms with Crippen LogP contribution in [-0.4, -0.2) is 68.3 Å². The molecule has 0 saturated carbocycles. The third kappa shape index (κ3) is 12.9. The van der Waals surface area contributed by atoms with E-state index >= 15 is 0 Å². The molecule has 5 aromatic rings. The number of hydrogen-bond donors (Lipinski definition) is 4. The van der Waals surface area contributed by atoms with Gasteiger partial charge in [0.15, 0.2) is 9.84 Å². The molecule has 29 heteroatoms. The Labute approximate surface area is 395 Å². The maximum absolute atomic E-state index is 12.3. The Balaban J connectivity index is 0.00000374. The van der Waals surface area contributed by atoms with Crippen molar-refractivity contribution < 1.29 is 141 Å². The van der Waals surface area contributed by atoms with Crippen LogP contribution in [0.3, 0.4) is 0 Å². The summed E-state index contributed by atoms with van der Waals surface area (Å²) in [5.41, 5.74) is 4.30. The molecule has 0 atom stereocenters. The van der Waals surface area contributed by atoms with E-state index in [9.17, 15) is 52.4 Å². The SMILES string of the molecule is C=CS(=O)(=O)c1cccc(Nc2nc(Cl)nc(Nc3ccc(N=Nc4cc5c(S(=O)(=O)[O-])cc(S(=O)(=O)[O-])cc5cc4S(=O)(=O)O)c(N=C(N)[O-])c3)n2)c1.[Na+].[Na+].[Na+]. The molecule has 0 aliphatic rings. The van der Waals surface area contributed by atoms with E-state index in [-0.39, 0.29) is 140 Å². The van der Waals surface area contributed by atoms with E-state index in [1.807, 2.05) is 0 Å². The van der Waals surface area contributed by atoms with Gasteiger partial charge in [0.1, 0.15) is 36.5 Å². The van der Waals surface area contributed by atoms with Crippen molar-refractivity contribution in [3.05, 3.63) is 84.0 Å². The minimum absolute atomic E-state index is 0. The summed E-state index contributed by atoms with van der Waals surface area (Å²) in [5, 5.41) is 24.3. The van der Waals surface area contributed by atoms with Crippen LogP contribution in [0.2, 0.25) is 5.28 Å². The zero-order valence-corrected chi connectivity index (χ0v) is 39.4. The van der Waals surface area contributed by atoms with Crippen LogP contribution in [0.1, 0.15) is 0 Å². The monoisotopic (exact) mass is 905 g/mol. The standard InChI is InChI=1S/C28H22ClN9O12S4.3Na/c1-2-51(40,41)17-5-3-4-15(10-17)31-27-34-25(29)35-28(36-27)32-16-6-7-20(21(11-16)33-26(30)39)37-38-22-13-19-14(9-24(22)54(48,49)50)8-18(52(42,43)44)12-23(19)53(45,46)47;;;/h2-13H,1H2,(H3,30,33,39)(H,42,43,44)(H,45,46,47)(H,48,49,50)(H2,31,32,34,35,36);;;/q;3*+1/p-3. The minimum atomic E-state index is -5.49. The summed E-state index contributed by atoms with van der Waals surface area (Å²) in [6, 6.07) is 10.2. The number of azo groups is 1. The molecule has 5 N–H and O–H groups in total. The number of fused-ring (bicyclic) bond motifs is 1. The Bertz CT molecular complexity index is 2900. The van der Waals surface area contributed by atoms with E-state index in [0.29, 0.717) is 18.2 Å². The van der Waals surface area contributed by atoms with Crippen LogP contribution < -0.4 is 110 Å². The number of benzene rings is 4. The van der Waals surface area contributed by atoms with E-state index in [1.54, 1.807) is 0 Å². The number of sulfone groups is 1. The van der Waals surface area contributed by atoms with Gasteiger partial charge in [0.25, 0.3) is 10.1 Å². The Morgan fingerprint density at radius 3 is 1.88 bits per heavy atom. The zero-order valence-electron chi connectivity index (χ0n) is 29.3. The van der Waals surface area contributed by atoms with Gasteiger partial charge >= 0.3 is 88.7 Å². The summed E-state index contributed by atoms with van der Waals surface area (Å²) in [6.45, 7) is 3.28. The number of aliphatic imine (C=N–C) groups is 1. The minimum Gasteiger partial charge on any atom is -0.846 e. The molecule has 0 unspecified atom stereocenters. The van der Waals surface area contributed by atoms with Crippen molar-refractivity contribution in [2.24, 2.45) is 21.0 Å². The third-order valence-corrected chi connectivity index (χ3v) is 10.9. The molecule has 0 bridgehead atoms. The van der Waals surface area contributed by atoms with Gasteiger partial charge in [-0.3, -0.25) is 4.55 Å². The summed E-state index contributed by atoms with van der Waals surface area (Å²) in [7, 11) is -19.8. The number of nitrogens with one attached hydrogen (secondary N) is 2. The number of halogens is 1. The predicted molar refractivity (Wildman–Crippen MR) is 187 cm³/mol. The van der Waals surface area contributed by atoms with Crippen LogP contribution in [0, 0.1) is 0 Å². The molecule has 0 saturated heterocycles. The normalized spacial score (nSPS) is 12.2. The van der Waals surface area contributed by atoms with Gasteiger partial charge in [0.2, 0.25) is 17.2 Å². The molecule has 0 aliphatic carbocycles. The number of rotatable bonds is 12. The molecule has 1 heterocycles. The topological polar surface area (TPSA) is 352 Å². The third-order valence-electron chi connectivity index (χ3n) is 6.78. The number of aromatic nitrogens is 3. The van der Waals surface area contributed by atoms with Crippen molar-refractivity contribution in [2.45, 2.75) is 19.6 Å². The first-order chi connectivity index (χ1) is 25.0. The van der Waals surface area contributed by atoms with Crippen LogP contribution >= 0.6 is 11.6 Å². The van der Waals surface area contributed by atoms with Crippen molar-refractivity contribution in [3.8, 4) is 0 Å². The average Bonchev–Trinajstić information content (AvgIpc) is 3.05. The van der Waals surface area contributed by atoms with Gasteiger partial charge in [-0.05, 0) is 77.7 Å². The zero-order chi connectivity index (χ0) is 39.8. The first-order valence-corrected chi connectivity index (χ1v) is 20.2. The first kappa shape index (κ1) is 50.5. The van der Waals surface area contributed by atoms with Crippen molar-refractivity contribution in [1.29, 1.82) is 0 Å². The average molecular weight is 906 g/mol. The van der Waals surface area contributed by atoms with Gasteiger partial charge in [-0.15, -0.1) is 10.2 Å². The molecule has 4 aromatic carbocycles. The largest absolute Gasteiger partial charge is 1.00 e. The fourth-order valence-electron chi connectivity index (χ4n) is 4.52. The van der Waals surface area contributed by atoms with Crippen molar-refractivity contribution in [2.75, 3.05) is 10.6 Å². The number of hydrogen-bond acceptors (Lipinski definition) is 19. The van der Waals surface area contributed by atoms with E-state index in [2.05, 4.69) is 47.4 Å². The number of amidine groups is 1. The molecular weight excluding hydrogens is 887 g/mol. The number of anilines is 4. The van der Waals surface area contributed by atoms with Crippen molar-refractivity contribution >= 4 is 109 Å². The van der Waals surface area contributed by atoms with E-state index < -0.39 is 77.4 Å².